The third-order valence-corrected chi connectivity index (χ3v) is 2.96. The van der Waals surface area contributed by atoms with Gasteiger partial charge in [0.1, 0.15) is 5.75 Å². The molecular formula is C17H13F2NO3. The zero-order valence-electron chi connectivity index (χ0n) is 12.1. The average molecular weight is 317 g/mol. The molecule has 0 radical (unpaired) electrons. The van der Waals surface area contributed by atoms with Gasteiger partial charge in [0.25, 0.3) is 0 Å². The van der Waals surface area contributed by atoms with Crippen molar-refractivity contribution in [3.63, 3.8) is 0 Å². The van der Waals surface area contributed by atoms with Crippen LogP contribution in [-0.4, -0.2) is 16.8 Å². The van der Waals surface area contributed by atoms with E-state index in [9.17, 15) is 23.5 Å². The first-order chi connectivity index (χ1) is 10.9. The first-order valence-electron chi connectivity index (χ1n) is 6.65. The van der Waals surface area contributed by atoms with Crippen molar-refractivity contribution in [3.05, 3.63) is 65.2 Å². The van der Waals surface area contributed by atoms with Gasteiger partial charge in [0, 0.05) is 12.5 Å². The number of ketones is 1. The first-order valence-corrected chi connectivity index (χ1v) is 6.65. The molecule has 2 aromatic carbocycles. The quantitative estimate of drug-likeness (QED) is 0.515. The molecule has 2 N–H and O–H groups in total. The topological polar surface area (TPSA) is 66.4 Å². The maximum Gasteiger partial charge on any atom is 0.221 e. The molecule has 0 heterocycles. The van der Waals surface area contributed by atoms with Crippen molar-refractivity contribution in [1.82, 2.24) is 0 Å². The molecule has 0 aliphatic heterocycles. The van der Waals surface area contributed by atoms with E-state index in [1.807, 2.05) is 0 Å². The summed E-state index contributed by atoms with van der Waals surface area (Å²) in [7, 11) is 0. The van der Waals surface area contributed by atoms with E-state index in [0.29, 0.717) is 5.56 Å². The Hall–Kier alpha value is -3.02. The van der Waals surface area contributed by atoms with Gasteiger partial charge in [-0.3, -0.25) is 9.59 Å². The van der Waals surface area contributed by atoms with Crippen LogP contribution in [0.3, 0.4) is 0 Å². The van der Waals surface area contributed by atoms with Crippen molar-refractivity contribution < 1.29 is 23.5 Å². The number of hydrogen-bond acceptors (Lipinski definition) is 3. The van der Waals surface area contributed by atoms with Gasteiger partial charge in [0.2, 0.25) is 5.91 Å². The van der Waals surface area contributed by atoms with Crippen LogP contribution in [-0.2, 0) is 4.79 Å². The molecule has 0 spiro atoms. The highest BCUT2D eigenvalue weighted by molar-refractivity contribution is 6.07. The van der Waals surface area contributed by atoms with Gasteiger partial charge in [-0.15, -0.1) is 0 Å². The van der Waals surface area contributed by atoms with Crippen molar-refractivity contribution in [2.75, 3.05) is 5.32 Å². The van der Waals surface area contributed by atoms with E-state index < -0.39 is 17.4 Å². The Balaban J connectivity index is 2.17. The minimum absolute atomic E-state index is 0.190. The van der Waals surface area contributed by atoms with E-state index in [2.05, 4.69) is 5.32 Å². The van der Waals surface area contributed by atoms with Crippen LogP contribution in [0, 0.1) is 11.6 Å². The van der Waals surface area contributed by atoms with E-state index in [4.69, 9.17) is 0 Å². The predicted octanol–water partition coefficient (Wildman–Crippen LogP) is 3.52. The lowest BCUT2D eigenvalue weighted by Crippen LogP contribution is -2.06. The Morgan fingerprint density at radius 1 is 1.09 bits per heavy atom. The monoisotopic (exact) mass is 317 g/mol. The van der Waals surface area contributed by atoms with Crippen LogP contribution in [0.4, 0.5) is 14.5 Å². The SMILES string of the molecule is CC(=O)Nc1ccc(C(=O)C=Cc2ccc(F)c(F)c2)cc1O. The molecule has 4 nitrogen and oxygen atoms in total. The zero-order chi connectivity index (χ0) is 17.0. The largest absolute Gasteiger partial charge is 0.506 e. The summed E-state index contributed by atoms with van der Waals surface area (Å²) in [5.74, 6) is -2.99. The molecule has 0 aromatic heterocycles. The molecule has 0 saturated heterocycles. The third-order valence-electron chi connectivity index (χ3n) is 2.96. The van der Waals surface area contributed by atoms with Crippen LogP contribution >= 0.6 is 0 Å². The Labute approximate surface area is 131 Å². The fraction of sp³-hybridized carbons (Fsp3) is 0.0588. The number of allylic oxidation sites excluding steroid dienone is 1. The van der Waals surface area contributed by atoms with Crippen LogP contribution in [0.15, 0.2) is 42.5 Å². The summed E-state index contributed by atoms with van der Waals surface area (Å²) < 4.78 is 25.9. The lowest BCUT2D eigenvalue weighted by atomic mass is 10.1. The summed E-state index contributed by atoms with van der Waals surface area (Å²) in [6.07, 6.45) is 2.52. The number of aromatic hydroxyl groups is 1. The predicted molar refractivity (Wildman–Crippen MR) is 82.1 cm³/mol. The van der Waals surface area contributed by atoms with E-state index >= 15 is 0 Å². The lowest BCUT2D eigenvalue weighted by Gasteiger charge is -2.06. The van der Waals surface area contributed by atoms with Gasteiger partial charge >= 0.3 is 0 Å². The molecule has 0 aliphatic carbocycles. The Morgan fingerprint density at radius 2 is 1.83 bits per heavy atom. The number of phenols is 1. The highest BCUT2D eigenvalue weighted by Gasteiger charge is 2.08. The molecule has 0 bridgehead atoms. The van der Waals surface area contributed by atoms with Crippen LogP contribution in [0.2, 0.25) is 0 Å². The number of benzene rings is 2. The fourth-order valence-corrected chi connectivity index (χ4v) is 1.86. The number of amides is 1. The summed E-state index contributed by atoms with van der Waals surface area (Å²) in [4.78, 5) is 22.9. The molecular weight excluding hydrogens is 304 g/mol. The van der Waals surface area contributed by atoms with Crippen molar-refractivity contribution >= 4 is 23.5 Å². The molecule has 23 heavy (non-hydrogen) atoms. The highest BCUT2D eigenvalue weighted by atomic mass is 19.2. The molecule has 6 heteroatoms. The van der Waals surface area contributed by atoms with Crippen molar-refractivity contribution in [1.29, 1.82) is 0 Å². The zero-order valence-corrected chi connectivity index (χ0v) is 12.1. The number of carbonyl (C=O) groups excluding carboxylic acids is 2. The standard InChI is InChI=1S/C17H13F2NO3/c1-10(21)20-15-6-4-12(9-17(15)23)16(22)7-3-11-2-5-13(18)14(19)8-11/h2-9,23H,1H3,(H,20,21). The Bertz CT molecular complexity index is 800. The van der Waals surface area contributed by atoms with Gasteiger partial charge in [0.15, 0.2) is 17.4 Å². The van der Waals surface area contributed by atoms with Crippen LogP contribution in [0.1, 0.15) is 22.8 Å². The first kappa shape index (κ1) is 16.4. The molecule has 0 atom stereocenters. The van der Waals surface area contributed by atoms with E-state index in [-0.39, 0.29) is 22.9 Å². The van der Waals surface area contributed by atoms with E-state index in [1.165, 1.54) is 43.3 Å². The normalized spacial score (nSPS) is 10.7. The number of carbonyl (C=O) groups is 2. The van der Waals surface area contributed by atoms with Crippen LogP contribution in [0.5, 0.6) is 5.75 Å². The molecule has 0 unspecified atom stereocenters. The Morgan fingerprint density at radius 3 is 2.43 bits per heavy atom. The number of phenolic OH excluding ortho intramolecular Hbond substituents is 1. The average Bonchev–Trinajstić information content (AvgIpc) is 2.49. The minimum Gasteiger partial charge on any atom is -0.506 e. The number of hydrogen-bond donors (Lipinski definition) is 2. The summed E-state index contributed by atoms with van der Waals surface area (Å²) in [6, 6.07) is 7.31. The number of rotatable bonds is 4. The lowest BCUT2D eigenvalue weighted by molar-refractivity contribution is -0.114. The van der Waals surface area contributed by atoms with Gasteiger partial charge in [-0.25, -0.2) is 8.78 Å². The van der Waals surface area contributed by atoms with Crippen LogP contribution in [0.25, 0.3) is 6.08 Å². The maximum atomic E-state index is 13.1. The molecule has 2 aromatic rings. The highest BCUT2D eigenvalue weighted by Crippen LogP contribution is 2.24. The Kier molecular flexibility index (Phi) is 4.85. The van der Waals surface area contributed by atoms with Gasteiger partial charge in [0.05, 0.1) is 5.69 Å². The van der Waals surface area contributed by atoms with Gasteiger partial charge in [-0.05, 0) is 42.0 Å². The second kappa shape index (κ2) is 6.83. The summed E-state index contributed by atoms with van der Waals surface area (Å²) in [6.45, 7) is 1.29. The number of nitrogens with one attached hydrogen (secondary N) is 1. The van der Waals surface area contributed by atoms with Crippen molar-refractivity contribution in [2.24, 2.45) is 0 Å². The van der Waals surface area contributed by atoms with Gasteiger partial charge in [-0.2, -0.15) is 0 Å². The second-order valence-corrected chi connectivity index (χ2v) is 4.78. The van der Waals surface area contributed by atoms with Crippen molar-refractivity contribution in [2.45, 2.75) is 6.92 Å². The van der Waals surface area contributed by atoms with Gasteiger partial charge < -0.3 is 10.4 Å². The molecule has 118 valence electrons. The second-order valence-electron chi connectivity index (χ2n) is 4.78. The summed E-state index contributed by atoms with van der Waals surface area (Å²) in [5, 5.41) is 12.2. The van der Waals surface area contributed by atoms with Crippen molar-refractivity contribution in [3.8, 4) is 5.75 Å². The number of anilines is 1. The van der Waals surface area contributed by atoms with E-state index in [1.54, 1.807) is 0 Å². The summed E-state index contributed by atoms with van der Waals surface area (Å²) in [5.41, 5.74) is 0.713. The molecule has 1 amide bonds. The molecule has 0 saturated carbocycles. The fourth-order valence-electron chi connectivity index (χ4n) is 1.86. The molecule has 0 fully saturated rings. The molecule has 0 aliphatic rings. The summed E-state index contributed by atoms with van der Waals surface area (Å²) >= 11 is 0. The minimum atomic E-state index is -1.00. The maximum absolute atomic E-state index is 13.1. The molecule has 2 rings (SSSR count). The smallest absolute Gasteiger partial charge is 0.221 e. The van der Waals surface area contributed by atoms with Crippen LogP contribution < -0.4 is 5.32 Å². The number of halogens is 2. The van der Waals surface area contributed by atoms with E-state index in [0.717, 1.165) is 12.1 Å². The third kappa shape index (κ3) is 4.23. The van der Waals surface area contributed by atoms with Gasteiger partial charge in [-0.1, -0.05) is 12.1 Å².